The Morgan fingerprint density at radius 3 is 2.51 bits per heavy atom. The van der Waals surface area contributed by atoms with Crippen LogP contribution in [0.4, 0.5) is 10.5 Å². The summed E-state index contributed by atoms with van der Waals surface area (Å²) in [6.45, 7) is 7.66. The lowest BCUT2D eigenvalue weighted by Gasteiger charge is -2.38. The summed E-state index contributed by atoms with van der Waals surface area (Å²) in [6.07, 6.45) is 3.22. The molecule has 186 valence electrons. The maximum absolute atomic E-state index is 13.5. The van der Waals surface area contributed by atoms with Crippen LogP contribution < -0.4 is 10.2 Å². The Hall–Kier alpha value is -2.85. The van der Waals surface area contributed by atoms with Gasteiger partial charge in [-0.1, -0.05) is 23.7 Å². The van der Waals surface area contributed by atoms with Gasteiger partial charge in [0.1, 0.15) is 11.6 Å². The number of benzene rings is 1. The second-order valence-corrected chi connectivity index (χ2v) is 10.7. The molecule has 1 aromatic carbocycles. The highest BCUT2D eigenvalue weighted by Crippen LogP contribution is 2.33. The summed E-state index contributed by atoms with van der Waals surface area (Å²) in [6, 6.07) is 6.50. The molecule has 1 saturated heterocycles. The molecule has 0 bridgehead atoms. The number of anilines is 1. The van der Waals surface area contributed by atoms with Gasteiger partial charge in [0.05, 0.1) is 21.7 Å². The van der Waals surface area contributed by atoms with Crippen molar-refractivity contribution in [3.63, 3.8) is 0 Å². The number of alkyl carbamates (subject to hydrolysis) is 1. The van der Waals surface area contributed by atoms with Crippen molar-refractivity contribution < 1.29 is 14.3 Å². The predicted octanol–water partition coefficient (Wildman–Crippen LogP) is 4.16. The maximum Gasteiger partial charge on any atom is 0.408 e. The van der Waals surface area contributed by atoms with Crippen molar-refractivity contribution in [2.75, 3.05) is 31.1 Å². The van der Waals surface area contributed by atoms with Crippen LogP contribution in [-0.2, 0) is 16.0 Å². The van der Waals surface area contributed by atoms with Crippen LogP contribution in [0.3, 0.4) is 0 Å². The Bertz CT molecular complexity index is 1200. The minimum atomic E-state index is -0.759. The number of hydrogen-bond acceptors (Lipinski definition) is 6. The number of rotatable bonds is 5. The van der Waals surface area contributed by atoms with Gasteiger partial charge >= 0.3 is 6.09 Å². The van der Waals surface area contributed by atoms with Crippen molar-refractivity contribution in [1.29, 1.82) is 0 Å². The smallest absolute Gasteiger partial charge is 0.408 e. The van der Waals surface area contributed by atoms with Crippen molar-refractivity contribution in [1.82, 2.24) is 25.4 Å². The summed E-state index contributed by atoms with van der Waals surface area (Å²) in [5.41, 5.74) is 1.94. The van der Waals surface area contributed by atoms with Crippen LogP contribution in [0.25, 0.3) is 11.0 Å². The second-order valence-electron chi connectivity index (χ2n) is 9.43. The number of carbonyl (C=O) groups is 2. The van der Waals surface area contributed by atoms with Gasteiger partial charge in [-0.05, 0) is 54.4 Å². The fraction of sp³-hybridized carbons (Fsp3) is 0.417. The van der Waals surface area contributed by atoms with Gasteiger partial charge in [-0.25, -0.2) is 9.78 Å². The first-order chi connectivity index (χ1) is 16.6. The molecule has 11 heteroatoms. The number of pyridine rings is 1. The van der Waals surface area contributed by atoms with Gasteiger partial charge in [-0.3, -0.25) is 9.89 Å². The molecule has 0 aliphatic carbocycles. The third-order valence-electron chi connectivity index (χ3n) is 5.66. The zero-order valence-electron chi connectivity index (χ0n) is 19.8. The van der Waals surface area contributed by atoms with E-state index in [1.54, 1.807) is 50.2 Å². The number of piperazine rings is 1. The SMILES string of the molecule is CC(C)(C)OC(=O)NC(Cc1ccc(Cl)cc1)C(=O)N1CCN(c2c(Br)cnc3[nH]ncc23)CC1. The topological polar surface area (TPSA) is 103 Å². The van der Waals surface area contributed by atoms with Gasteiger partial charge in [0.25, 0.3) is 0 Å². The monoisotopic (exact) mass is 562 g/mol. The Morgan fingerprint density at radius 1 is 1.17 bits per heavy atom. The summed E-state index contributed by atoms with van der Waals surface area (Å²) in [5.74, 6) is -0.146. The van der Waals surface area contributed by atoms with E-state index in [1.165, 1.54) is 0 Å². The molecule has 3 heterocycles. The van der Waals surface area contributed by atoms with E-state index >= 15 is 0 Å². The molecule has 0 saturated carbocycles. The summed E-state index contributed by atoms with van der Waals surface area (Å²) in [7, 11) is 0. The number of amides is 2. The summed E-state index contributed by atoms with van der Waals surface area (Å²) in [4.78, 5) is 34.4. The lowest BCUT2D eigenvalue weighted by atomic mass is 10.0. The van der Waals surface area contributed by atoms with E-state index in [0.717, 1.165) is 21.1 Å². The van der Waals surface area contributed by atoms with Crippen LogP contribution >= 0.6 is 27.5 Å². The lowest BCUT2D eigenvalue weighted by molar-refractivity contribution is -0.133. The molecular weight excluding hydrogens is 536 g/mol. The minimum Gasteiger partial charge on any atom is -0.444 e. The van der Waals surface area contributed by atoms with E-state index in [1.807, 2.05) is 12.1 Å². The maximum atomic E-state index is 13.5. The quantitative estimate of drug-likeness (QED) is 0.483. The molecule has 1 aliphatic heterocycles. The van der Waals surface area contributed by atoms with Crippen LogP contribution in [0.5, 0.6) is 0 Å². The van der Waals surface area contributed by atoms with Crippen molar-refractivity contribution in [3.05, 3.63) is 51.7 Å². The number of halogens is 2. The van der Waals surface area contributed by atoms with Crippen LogP contribution in [0.2, 0.25) is 5.02 Å². The van der Waals surface area contributed by atoms with Crippen molar-refractivity contribution >= 4 is 56.3 Å². The number of nitrogens with zero attached hydrogens (tertiary/aromatic N) is 4. The van der Waals surface area contributed by atoms with E-state index in [0.29, 0.717) is 43.3 Å². The molecule has 35 heavy (non-hydrogen) atoms. The molecule has 0 spiro atoms. The molecule has 2 N–H and O–H groups in total. The number of H-pyrrole nitrogens is 1. The van der Waals surface area contributed by atoms with Gasteiger partial charge in [0.2, 0.25) is 5.91 Å². The first-order valence-corrected chi connectivity index (χ1v) is 12.5. The third kappa shape index (κ3) is 6.24. The molecule has 3 aromatic rings. The molecule has 1 fully saturated rings. The number of nitrogens with one attached hydrogen (secondary N) is 2. The van der Waals surface area contributed by atoms with E-state index in [-0.39, 0.29) is 5.91 Å². The van der Waals surface area contributed by atoms with E-state index in [9.17, 15) is 9.59 Å². The average molecular weight is 564 g/mol. The van der Waals surface area contributed by atoms with Crippen molar-refractivity contribution in [2.24, 2.45) is 0 Å². The average Bonchev–Trinajstić information content (AvgIpc) is 3.27. The Labute approximate surface area is 217 Å². The van der Waals surface area contributed by atoms with Gasteiger partial charge in [-0.15, -0.1) is 0 Å². The van der Waals surface area contributed by atoms with Gasteiger partial charge < -0.3 is 19.9 Å². The minimum absolute atomic E-state index is 0.146. The summed E-state index contributed by atoms with van der Waals surface area (Å²) >= 11 is 9.61. The molecule has 1 unspecified atom stereocenters. The molecule has 4 rings (SSSR count). The van der Waals surface area contributed by atoms with Gasteiger partial charge in [0.15, 0.2) is 5.65 Å². The van der Waals surface area contributed by atoms with E-state index in [2.05, 4.69) is 41.3 Å². The highest BCUT2D eigenvalue weighted by Gasteiger charge is 2.31. The Kier molecular flexibility index (Phi) is 7.51. The standard InChI is InChI=1S/C24H28BrClN6O3/c1-24(2,3)35-23(34)29-19(12-15-4-6-16(26)7-5-15)22(33)32-10-8-31(9-11-32)20-17-13-28-30-21(17)27-14-18(20)25/h4-7,13-14,19H,8-12H2,1-3H3,(H,29,34)(H,27,28,30). The van der Waals surface area contributed by atoms with Crippen molar-refractivity contribution in [3.8, 4) is 0 Å². The third-order valence-corrected chi connectivity index (χ3v) is 6.49. The number of ether oxygens (including phenoxy) is 1. The van der Waals surface area contributed by atoms with Crippen LogP contribution in [0.15, 0.2) is 41.1 Å². The number of fused-ring (bicyclic) bond motifs is 1. The van der Waals surface area contributed by atoms with Crippen LogP contribution in [-0.4, -0.2) is 69.9 Å². The fourth-order valence-electron chi connectivity index (χ4n) is 4.06. The zero-order valence-corrected chi connectivity index (χ0v) is 22.2. The normalized spacial score (nSPS) is 15.2. The highest BCUT2D eigenvalue weighted by molar-refractivity contribution is 9.10. The lowest BCUT2D eigenvalue weighted by Crippen LogP contribution is -2.56. The molecule has 9 nitrogen and oxygen atoms in total. The van der Waals surface area contributed by atoms with Crippen LogP contribution in [0, 0.1) is 0 Å². The Morgan fingerprint density at radius 2 is 1.86 bits per heavy atom. The summed E-state index contributed by atoms with van der Waals surface area (Å²) in [5, 5.41) is 11.3. The number of carbonyl (C=O) groups excluding carboxylic acids is 2. The number of aromatic amines is 1. The molecule has 2 amide bonds. The zero-order chi connectivity index (χ0) is 25.2. The largest absolute Gasteiger partial charge is 0.444 e. The summed E-state index contributed by atoms with van der Waals surface area (Å²) < 4.78 is 6.29. The highest BCUT2D eigenvalue weighted by atomic mass is 79.9. The number of hydrogen-bond donors (Lipinski definition) is 2. The first-order valence-electron chi connectivity index (χ1n) is 11.4. The molecular formula is C24H28BrClN6O3. The van der Waals surface area contributed by atoms with E-state index < -0.39 is 17.7 Å². The second kappa shape index (κ2) is 10.4. The molecule has 0 radical (unpaired) electrons. The van der Waals surface area contributed by atoms with Gasteiger partial charge in [-0.2, -0.15) is 5.10 Å². The van der Waals surface area contributed by atoms with Crippen LogP contribution in [0.1, 0.15) is 26.3 Å². The van der Waals surface area contributed by atoms with Crippen molar-refractivity contribution in [2.45, 2.75) is 38.8 Å². The Balaban J connectivity index is 1.47. The molecule has 2 aromatic heterocycles. The van der Waals surface area contributed by atoms with E-state index in [4.69, 9.17) is 16.3 Å². The first kappa shape index (κ1) is 25.2. The number of aromatic nitrogens is 3. The fourth-order valence-corrected chi connectivity index (χ4v) is 4.75. The predicted molar refractivity (Wildman–Crippen MR) is 139 cm³/mol. The molecule has 1 atom stereocenters. The van der Waals surface area contributed by atoms with Gasteiger partial charge in [0, 0.05) is 43.8 Å². The molecule has 1 aliphatic rings.